The van der Waals surface area contributed by atoms with Crippen LogP contribution in [0.3, 0.4) is 0 Å². The highest BCUT2D eigenvalue weighted by molar-refractivity contribution is 6.33. The molecule has 1 rings (SSSR count). The number of hydrogen-bond donors (Lipinski definition) is 0. The van der Waals surface area contributed by atoms with Crippen molar-refractivity contribution in [3.63, 3.8) is 0 Å². The molecule has 0 atom stereocenters. The van der Waals surface area contributed by atoms with Gasteiger partial charge >= 0.3 is 0 Å². The van der Waals surface area contributed by atoms with Crippen molar-refractivity contribution in [3.05, 3.63) is 29.0 Å². The highest BCUT2D eigenvalue weighted by Crippen LogP contribution is 2.12. The van der Waals surface area contributed by atoms with Gasteiger partial charge in [-0.05, 0) is 18.6 Å². The van der Waals surface area contributed by atoms with Gasteiger partial charge in [-0.2, -0.15) is 0 Å². The van der Waals surface area contributed by atoms with E-state index in [0.29, 0.717) is 11.6 Å². The van der Waals surface area contributed by atoms with Crippen molar-refractivity contribution in [2.24, 2.45) is 0 Å². The van der Waals surface area contributed by atoms with Crippen molar-refractivity contribution in [1.29, 1.82) is 0 Å². The Balaban J connectivity index is 2.56. The molecule has 0 fully saturated rings. The van der Waals surface area contributed by atoms with Gasteiger partial charge in [-0.3, -0.25) is 9.78 Å². The molecule has 0 amide bonds. The fourth-order valence-corrected chi connectivity index (χ4v) is 1.20. The second-order valence-electron chi connectivity index (χ2n) is 2.81. The van der Waals surface area contributed by atoms with E-state index in [4.69, 9.17) is 16.3 Å². The maximum absolute atomic E-state index is 11.5. The van der Waals surface area contributed by atoms with Crippen LogP contribution in [0.2, 0.25) is 5.02 Å². The van der Waals surface area contributed by atoms with E-state index in [0.717, 1.165) is 6.42 Å². The van der Waals surface area contributed by atoms with Crippen molar-refractivity contribution in [2.45, 2.75) is 13.3 Å². The Morgan fingerprint density at radius 1 is 1.64 bits per heavy atom. The predicted molar refractivity (Wildman–Crippen MR) is 54.7 cm³/mol. The van der Waals surface area contributed by atoms with Gasteiger partial charge in [0.05, 0.1) is 5.02 Å². The number of ether oxygens (including phenoxy) is 1. The molecule has 0 unspecified atom stereocenters. The topological polar surface area (TPSA) is 39.2 Å². The first-order valence-corrected chi connectivity index (χ1v) is 4.85. The quantitative estimate of drug-likeness (QED) is 0.557. The van der Waals surface area contributed by atoms with Crippen LogP contribution in [0.5, 0.6) is 0 Å². The lowest BCUT2D eigenvalue weighted by Crippen LogP contribution is -2.11. The van der Waals surface area contributed by atoms with Gasteiger partial charge in [-0.15, -0.1) is 0 Å². The average Bonchev–Trinajstić information content (AvgIpc) is 2.18. The summed E-state index contributed by atoms with van der Waals surface area (Å²) >= 11 is 5.79. The third kappa shape index (κ3) is 3.09. The zero-order valence-corrected chi connectivity index (χ0v) is 8.75. The Morgan fingerprint density at radius 3 is 3.07 bits per heavy atom. The molecule has 1 aromatic rings. The Hall–Kier alpha value is -0.930. The summed E-state index contributed by atoms with van der Waals surface area (Å²) in [6.07, 6.45) is 2.43. The summed E-state index contributed by atoms with van der Waals surface area (Å²) in [5.41, 5.74) is 0.283. The largest absolute Gasteiger partial charge is 0.373 e. The first-order chi connectivity index (χ1) is 6.75. The van der Waals surface area contributed by atoms with Crippen LogP contribution in [0.15, 0.2) is 18.3 Å². The van der Waals surface area contributed by atoms with Crippen LogP contribution in [0.4, 0.5) is 0 Å². The molecule has 0 aliphatic carbocycles. The van der Waals surface area contributed by atoms with E-state index < -0.39 is 0 Å². The molecule has 0 radical (unpaired) electrons. The molecule has 14 heavy (non-hydrogen) atoms. The number of pyridine rings is 1. The molecule has 0 aliphatic rings. The lowest BCUT2D eigenvalue weighted by Gasteiger charge is -2.02. The number of carbonyl (C=O) groups excluding carboxylic acids is 1. The Labute approximate surface area is 88.1 Å². The van der Waals surface area contributed by atoms with Crippen molar-refractivity contribution >= 4 is 17.4 Å². The highest BCUT2D eigenvalue weighted by atomic mass is 35.5. The summed E-state index contributed by atoms with van der Waals surface area (Å²) in [6.45, 7) is 2.61. The smallest absolute Gasteiger partial charge is 0.208 e. The van der Waals surface area contributed by atoms with Crippen molar-refractivity contribution in [1.82, 2.24) is 4.98 Å². The number of hydrogen-bond acceptors (Lipinski definition) is 3. The second-order valence-corrected chi connectivity index (χ2v) is 3.22. The fourth-order valence-electron chi connectivity index (χ4n) is 0.968. The minimum Gasteiger partial charge on any atom is -0.373 e. The van der Waals surface area contributed by atoms with Crippen LogP contribution in [-0.4, -0.2) is 24.0 Å². The maximum Gasteiger partial charge on any atom is 0.208 e. The molecule has 0 saturated heterocycles. The molecular weight excluding hydrogens is 202 g/mol. The van der Waals surface area contributed by atoms with Gasteiger partial charge in [-0.1, -0.05) is 18.5 Å². The third-order valence-electron chi connectivity index (χ3n) is 1.60. The molecule has 0 aromatic carbocycles. The molecule has 1 aromatic heterocycles. The summed E-state index contributed by atoms with van der Waals surface area (Å²) in [5, 5.41) is 0.373. The number of ketones is 1. The van der Waals surface area contributed by atoms with E-state index in [1.54, 1.807) is 18.3 Å². The van der Waals surface area contributed by atoms with Gasteiger partial charge in [-0.25, -0.2) is 0 Å². The summed E-state index contributed by atoms with van der Waals surface area (Å²) in [5.74, 6) is -0.177. The molecule has 4 heteroatoms. The Bertz CT molecular complexity index is 315. The van der Waals surface area contributed by atoms with Gasteiger partial charge < -0.3 is 4.74 Å². The Kier molecular flexibility index (Phi) is 4.56. The minimum absolute atomic E-state index is 0.0462. The van der Waals surface area contributed by atoms with E-state index in [1.807, 2.05) is 6.92 Å². The average molecular weight is 214 g/mol. The standard InChI is InChI=1S/C10H12ClNO2/c1-2-6-14-7-9(13)10-8(11)4-3-5-12-10/h3-5H,2,6-7H2,1H3. The van der Waals surface area contributed by atoms with Crippen LogP contribution in [0, 0.1) is 0 Å². The van der Waals surface area contributed by atoms with Crippen LogP contribution >= 0.6 is 11.6 Å². The van der Waals surface area contributed by atoms with Gasteiger partial charge in [0.1, 0.15) is 12.3 Å². The van der Waals surface area contributed by atoms with Gasteiger partial charge in [0.25, 0.3) is 0 Å². The summed E-state index contributed by atoms with van der Waals surface area (Å²) in [4.78, 5) is 15.4. The van der Waals surface area contributed by atoms with Crippen LogP contribution < -0.4 is 0 Å². The van der Waals surface area contributed by atoms with Gasteiger partial charge in [0.2, 0.25) is 5.78 Å². The molecule has 0 spiro atoms. The molecule has 0 N–H and O–H groups in total. The normalized spacial score (nSPS) is 10.1. The van der Waals surface area contributed by atoms with E-state index in [-0.39, 0.29) is 18.1 Å². The number of Topliss-reactive ketones (excluding diaryl/α,β-unsaturated/α-hetero) is 1. The molecular formula is C10H12ClNO2. The molecule has 0 saturated carbocycles. The van der Waals surface area contributed by atoms with Crippen molar-refractivity contribution < 1.29 is 9.53 Å². The Morgan fingerprint density at radius 2 is 2.43 bits per heavy atom. The molecule has 0 aliphatic heterocycles. The van der Waals surface area contributed by atoms with Gasteiger partial charge in [0.15, 0.2) is 0 Å². The summed E-state index contributed by atoms with van der Waals surface area (Å²) in [6, 6.07) is 3.33. The number of aromatic nitrogens is 1. The van der Waals surface area contributed by atoms with E-state index in [1.165, 1.54) is 0 Å². The first kappa shape index (κ1) is 11.1. The summed E-state index contributed by atoms with van der Waals surface area (Å²) in [7, 11) is 0. The van der Waals surface area contributed by atoms with Crippen LogP contribution in [-0.2, 0) is 4.74 Å². The fraction of sp³-hybridized carbons (Fsp3) is 0.400. The van der Waals surface area contributed by atoms with E-state index >= 15 is 0 Å². The van der Waals surface area contributed by atoms with Crippen LogP contribution in [0.1, 0.15) is 23.8 Å². The highest BCUT2D eigenvalue weighted by Gasteiger charge is 2.10. The molecule has 0 bridgehead atoms. The van der Waals surface area contributed by atoms with E-state index in [2.05, 4.69) is 4.98 Å². The van der Waals surface area contributed by atoms with E-state index in [9.17, 15) is 4.79 Å². The lowest BCUT2D eigenvalue weighted by atomic mass is 10.2. The monoisotopic (exact) mass is 213 g/mol. The number of nitrogens with zero attached hydrogens (tertiary/aromatic N) is 1. The predicted octanol–water partition coefficient (Wildman–Crippen LogP) is 2.34. The number of rotatable bonds is 5. The lowest BCUT2D eigenvalue weighted by molar-refractivity contribution is 0.0756. The maximum atomic E-state index is 11.5. The number of carbonyl (C=O) groups is 1. The van der Waals surface area contributed by atoms with Crippen LogP contribution in [0.25, 0.3) is 0 Å². The van der Waals surface area contributed by atoms with Crippen molar-refractivity contribution in [3.8, 4) is 0 Å². The first-order valence-electron chi connectivity index (χ1n) is 4.47. The second kappa shape index (κ2) is 5.73. The van der Waals surface area contributed by atoms with Crippen molar-refractivity contribution in [2.75, 3.05) is 13.2 Å². The molecule has 76 valence electrons. The SMILES string of the molecule is CCCOCC(=O)c1ncccc1Cl. The zero-order chi connectivity index (χ0) is 10.4. The zero-order valence-electron chi connectivity index (χ0n) is 8.00. The third-order valence-corrected chi connectivity index (χ3v) is 1.91. The summed E-state index contributed by atoms with van der Waals surface area (Å²) < 4.78 is 5.11. The van der Waals surface area contributed by atoms with Gasteiger partial charge in [0, 0.05) is 12.8 Å². The number of halogens is 1. The molecule has 1 heterocycles. The molecule has 3 nitrogen and oxygen atoms in total. The minimum atomic E-state index is -0.177.